The summed E-state index contributed by atoms with van der Waals surface area (Å²) in [4.78, 5) is 3.42. The highest BCUT2D eigenvalue weighted by atomic mass is 19.1. The Morgan fingerprint density at radius 3 is 3.12 bits per heavy atom. The Morgan fingerprint density at radius 2 is 2.31 bits per heavy atom. The van der Waals surface area contributed by atoms with Crippen LogP contribution in [0.3, 0.4) is 0 Å². The Morgan fingerprint density at radius 1 is 1.44 bits per heavy atom. The molecular formula is C14H16FN. The van der Waals surface area contributed by atoms with E-state index in [0.717, 1.165) is 29.7 Å². The van der Waals surface area contributed by atoms with Crippen molar-refractivity contribution in [2.75, 3.05) is 0 Å². The van der Waals surface area contributed by atoms with Gasteiger partial charge in [-0.05, 0) is 48.9 Å². The summed E-state index contributed by atoms with van der Waals surface area (Å²) >= 11 is 0. The number of fused-ring (bicyclic) bond motifs is 3. The molecule has 1 aliphatic rings. The second-order valence-corrected chi connectivity index (χ2v) is 4.79. The van der Waals surface area contributed by atoms with E-state index in [0.29, 0.717) is 0 Å². The summed E-state index contributed by atoms with van der Waals surface area (Å²) in [5.74, 6) is 0.641. The number of benzene rings is 1. The fourth-order valence-electron chi connectivity index (χ4n) is 2.81. The van der Waals surface area contributed by atoms with Crippen LogP contribution in [0.4, 0.5) is 4.39 Å². The minimum atomic E-state index is -0.132. The zero-order valence-electron chi connectivity index (χ0n) is 9.52. The van der Waals surface area contributed by atoms with Crippen molar-refractivity contribution in [1.29, 1.82) is 0 Å². The summed E-state index contributed by atoms with van der Waals surface area (Å²) in [7, 11) is 0. The van der Waals surface area contributed by atoms with Crippen molar-refractivity contribution in [3.05, 3.63) is 35.3 Å². The fourth-order valence-corrected chi connectivity index (χ4v) is 2.81. The van der Waals surface area contributed by atoms with Crippen LogP contribution >= 0.6 is 0 Å². The molecule has 16 heavy (non-hydrogen) atoms. The summed E-state index contributed by atoms with van der Waals surface area (Å²) in [5.41, 5.74) is 3.76. The standard InChI is InChI=1S/C14H16FN/c1-2-9-3-5-13-11(7-9)12-8-10(15)4-6-14(12)16-13/h4,6,8-9,16H,2-3,5,7H2,1H3. The number of hydrogen-bond acceptors (Lipinski definition) is 0. The first-order chi connectivity index (χ1) is 7.78. The van der Waals surface area contributed by atoms with Crippen molar-refractivity contribution in [1.82, 2.24) is 4.98 Å². The van der Waals surface area contributed by atoms with Crippen molar-refractivity contribution in [3.8, 4) is 0 Å². The normalized spacial score (nSPS) is 20.0. The number of aryl methyl sites for hydroxylation is 1. The van der Waals surface area contributed by atoms with Crippen LogP contribution in [0, 0.1) is 11.7 Å². The summed E-state index contributed by atoms with van der Waals surface area (Å²) in [5, 5.41) is 1.09. The first kappa shape index (κ1) is 9.88. The Bertz CT molecular complexity index is 527. The number of nitrogens with one attached hydrogen (secondary N) is 1. The molecule has 1 N–H and O–H groups in total. The minimum absolute atomic E-state index is 0.132. The molecular weight excluding hydrogens is 201 g/mol. The van der Waals surface area contributed by atoms with Gasteiger partial charge in [0.2, 0.25) is 0 Å². The Balaban J connectivity index is 2.15. The van der Waals surface area contributed by atoms with Gasteiger partial charge in [0.1, 0.15) is 5.82 Å². The lowest BCUT2D eigenvalue weighted by atomic mass is 9.85. The molecule has 0 amide bonds. The van der Waals surface area contributed by atoms with Gasteiger partial charge in [0, 0.05) is 16.6 Å². The number of halogens is 1. The van der Waals surface area contributed by atoms with Crippen LogP contribution in [0.1, 0.15) is 31.0 Å². The van der Waals surface area contributed by atoms with Crippen molar-refractivity contribution in [2.45, 2.75) is 32.6 Å². The van der Waals surface area contributed by atoms with Crippen molar-refractivity contribution < 1.29 is 4.39 Å². The molecule has 1 atom stereocenters. The average molecular weight is 217 g/mol. The topological polar surface area (TPSA) is 15.8 Å². The molecule has 0 spiro atoms. The van der Waals surface area contributed by atoms with Gasteiger partial charge in [-0.25, -0.2) is 4.39 Å². The second kappa shape index (κ2) is 3.62. The van der Waals surface area contributed by atoms with Gasteiger partial charge in [0.25, 0.3) is 0 Å². The molecule has 2 aromatic rings. The molecule has 1 unspecified atom stereocenters. The number of aromatic amines is 1. The monoisotopic (exact) mass is 217 g/mol. The van der Waals surface area contributed by atoms with E-state index >= 15 is 0 Å². The molecule has 1 aromatic carbocycles. The second-order valence-electron chi connectivity index (χ2n) is 4.79. The van der Waals surface area contributed by atoms with Crippen LogP contribution in [0.25, 0.3) is 10.9 Å². The molecule has 0 radical (unpaired) electrons. The van der Waals surface area contributed by atoms with Crippen LogP contribution in [-0.2, 0) is 12.8 Å². The van der Waals surface area contributed by atoms with Gasteiger partial charge in [0.15, 0.2) is 0 Å². The van der Waals surface area contributed by atoms with Crippen LogP contribution in [0.2, 0.25) is 0 Å². The van der Waals surface area contributed by atoms with Crippen LogP contribution in [-0.4, -0.2) is 4.98 Å². The summed E-state index contributed by atoms with van der Waals surface area (Å²) in [6.07, 6.45) is 4.71. The zero-order chi connectivity index (χ0) is 11.1. The van der Waals surface area contributed by atoms with Gasteiger partial charge in [-0.2, -0.15) is 0 Å². The maximum atomic E-state index is 13.2. The molecule has 2 heteroatoms. The van der Waals surface area contributed by atoms with E-state index in [1.807, 2.05) is 6.07 Å². The molecule has 84 valence electrons. The van der Waals surface area contributed by atoms with E-state index in [1.54, 1.807) is 6.07 Å². The highest BCUT2D eigenvalue weighted by molar-refractivity contribution is 5.85. The first-order valence-corrected chi connectivity index (χ1v) is 6.07. The van der Waals surface area contributed by atoms with Gasteiger partial charge in [-0.3, -0.25) is 0 Å². The predicted molar refractivity (Wildman–Crippen MR) is 64.1 cm³/mol. The summed E-state index contributed by atoms with van der Waals surface area (Å²) in [6.45, 7) is 2.24. The lowest BCUT2D eigenvalue weighted by Crippen LogP contribution is -2.12. The highest BCUT2D eigenvalue weighted by Gasteiger charge is 2.21. The number of aromatic nitrogens is 1. The van der Waals surface area contributed by atoms with Crippen molar-refractivity contribution >= 4 is 10.9 Å². The maximum absolute atomic E-state index is 13.2. The van der Waals surface area contributed by atoms with Crippen molar-refractivity contribution in [2.24, 2.45) is 5.92 Å². The maximum Gasteiger partial charge on any atom is 0.123 e. The lowest BCUT2D eigenvalue weighted by molar-refractivity contribution is 0.444. The van der Waals surface area contributed by atoms with E-state index in [1.165, 1.54) is 30.2 Å². The first-order valence-electron chi connectivity index (χ1n) is 6.07. The Hall–Kier alpha value is -1.31. The van der Waals surface area contributed by atoms with Gasteiger partial charge < -0.3 is 4.98 Å². The predicted octanol–water partition coefficient (Wildman–Crippen LogP) is 3.82. The smallest absolute Gasteiger partial charge is 0.123 e. The van der Waals surface area contributed by atoms with E-state index in [9.17, 15) is 4.39 Å². The van der Waals surface area contributed by atoms with E-state index in [-0.39, 0.29) is 5.82 Å². The number of H-pyrrole nitrogens is 1. The molecule has 1 aromatic heterocycles. The van der Waals surface area contributed by atoms with E-state index in [2.05, 4.69) is 11.9 Å². The third-order valence-corrected chi connectivity index (χ3v) is 3.83. The molecule has 0 fully saturated rings. The molecule has 3 rings (SSSR count). The highest BCUT2D eigenvalue weighted by Crippen LogP contribution is 2.33. The van der Waals surface area contributed by atoms with Gasteiger partial charge in [0.05, 0.1) is 0 Å². The molecule has 0 saturated heterocycles. The zero-order valence-corrected chi connectivity index (χ0v) is 9.52. The third-order valence-electron chi connectivity index (χ3n) is 3.83. The Labute approximate surface area is 94.7 Å². The number of rotatable bonds is 1. The van der Waals surface area contributed by atoms with Gasteiger partial charge in [-0.15, -0.1) is 0 Å². The quantitative estimate of drug-likeness (QED) is 0.747. The largest absolute Gasteiger partial charge is 0.358 e. The molecule has 0 bridgehead atoms. The van der Waals surface area contributed by atoms with Crippen LogP contribution in [0.5, 0.6) is 0 Å². The minimum Gasteiger partial charge on any atom is -0.358 e. The van der Waals surface area contributed by atoms with Crippen LogP contribution < -0.4 is 0 Å². The van der Waals surface area contributed by atoms with E-state index < -0.39 is 0 Å². The van der Waals surface area contributed by atoms with Gasteiger partial charge >= 0.3 is 0 Å². The van der Waals surface area contributed by atoms with E-state index in [4.69, 9.17) is 0 Å². The SMILES string of the molecule is CCC1CCc2[nH]c3ccc(F)cc3c2C1. The average Bonchev–Trinajstić information content (AvgIpc) is 2.66. The van der Waals surface area contributed by atoms with Gasteiger partial charge in [-0.1, -0.05) is 13.3 Å². The van der Waals surface area contributed by atoms with Crippen molar-refractivity contribution in [3.63, 3.8) is 0 Å². The van der Waals surface area contributed by atoms with Crippen LogP contribution in [0.15, 0.2) is 18.2 Å². The summed E-state index contributed by atoms with van der Waals surface area (Å²) < 4.78 is 13.2. The summed E-state index contributed by atoms with van der Waals surface area (Å²) in [6, 6.07) is 5.05. The molecule has 0 saturated carbocycles. The molecule has 0 aliphatic heterocycles. The third kappa shape index (κ3) is 1.44. The fraction of sp³-hybridized carbons (Fsp3) is 0.429. The molecule has 1 nitrogen and oxygen atoms in total. The molecule has 1 aliphatic carbocycles. The molecule has 1 heterocycles. The number of hydrogen-bond donors (Lipinski definition) is 1. The Kier molecular flexibility index (Phi) is 2.23. The lowest BCUT2D eigenvalue weighted by Gasteiger charge is -2.20.